The lowest BCUT2D eigenvalue weighted by Crippen LogP contribution is -2.33. The van der Waals surface area contributed by atoms with Gasteiger partial charge in [-0.25, -0.2) is 4.39 Å². The number of hydrogen-bond acceptors (Lipinski definition) is 4. The molecule has 3 aromatic rings. The van der Waals surface area contributed by atoms with Crippen LogP contribution in [0.2, 0.25) is 0 Å². The zero-order valence-corrected chi connectivity index (χ0v) is 19.3. The summed E-state index contributed by atoms with van der Waals surface area (Å²) in [6, 6.07) is 14.9. The van der Waals surface area contributed by atoms with Gasteiger partial charge >= 0.3 is 0 Å². The highest BCUT2D eigenvalue weighted by atomic mass is 35.5. The molecule has 0 bridgehead atoms. The molecule has 2 N–H and O–H groups in total. The highest BCUT2D eigenvalue weighted by Crippen LogP contribution is 2.34. The van der Waals surface area contributed by atoms with E-state index in [1.807, 2.05) is 12.1 Å². The van der Waals surface area contributed by atoms with Crippen LogP contribution in [0.15, 0.2) is 59.0 Å². The Balaban J connectivity index is 0.00000274. The van der Waals surface area contributed by atoms with Crippen molar-refractivity contribution in [2.45, 2.75) is 12.8 Å². The second kappa shape index (κ2) is 10.2. The molecule has 1 saturated heterocycles. The molecular weight excluding hydrogens is 457 g/mol. The molecule has 2 amide bonds. The third-order valence-electron chi connectivity index (χ3n) is 6.00. The molecule has 5 rings (SSSR count). The van der Waals surface area contributed by atoms with Crippen LogP contribution in [0.3, 0.4) is 0 Å². The van der Waals surface area contributed by atoms with Gasteiger partial charge in [0.15, 0.2) is 0 Å². The van der Waals surface area contributed by atoms with Crippen molar-refractivity contribution < 1.29 is 18.4 Å². The van der Waals surface area contributed by atoms with Crippen LogP contribution in [-0.4, -0.2) is 42.9 Å². The Bertz CT molecular complexity index is 1250. The minimum absolute atomic E-state index is 0. The van der Waals surface area contributed by atoms with E-state index < -0.39 is 5.82 Å². The molecule has 0 atom stereocenters. The summed E-state index contributed by atoms with van der Waals surface area (Å²) in [5.41, 5.74) is 2.74. The highest BCUT2D eigenvalue weighted by Gasteiger charge is 2.25. The number of rotatable bonds is 6. The van der Waals surface area contributed by atoms with Gasteiger partial charge in [-0.1, -0.05) is 12.1 Å². The smallest absolute Gasteiger partial charge is 0.256 e. The van der Waals surface area contributed by atoms with Crippen LogP contribution in [0.1, 0.15) is 34.5 Å². The first-order valence-corrected chi connectivity index (χ1v) is 11.1. The number of nitrogens with one attached hydrogen (secondary N) is 2. The van der Waals surface area contributed by atoms with Gasteiger partial charge < -0.3 is 20.0 Å². The monoisotopic (exact) mass is 481 g/mol. The first-order valence-electron chi connectivity index (χ1n) is 11.1. The average molecular weight is 482 g/mol. The summed E-state index contributed by atoms with van der Waals surface area (Å²) >= 11 is 0. The maximum atomic E-state index is 13.7. The molecule has 3 heterocycles. The molecule has 1 fully saturated rings. The van der Waals surface area contributed by atoms with Gasteiger partial charge in [0.05, 0.1) is 5.57 Å². The van der Waals surface area contributed by atoms with Crippen LogP contribution < -0.4 is 10.6 Å². The van der Waals surface area contributed by atoms with Gasteiger partial charge in [-0.3, -0.25) is 9.59 Å². The topological polar surface area (TPSA) is 74.6 Å². The minimum atomic E-state index is -0.410. The number of fused-ring (bicyclic) bond motifs is 1. The quantitative estimate of drug-likeness (QED) is 0.495. The van der Waals surface area contributed by atoms with Crippen LogP contribution >= 0.6 is 12.4 Å². The van der Waals surface area contributed by atoms with E-state index in [0.29, 0.717) is 40.5 Å². The van der Waals surface area contributed by atoms with Crippen molar-refractivity contribution in [1.29, 1.82) is 0 Å². The second-order valence-electron chi connectivity index (χ2n) is 8.29. The number of halogens is 2. The zero-order valence-electron chi connectivity index (χ0n) is 18.5. The largest absolute Gasteiger partial charge is 0.457 e. The van der Waals surface area contributed by atoms with Crippen molar-refractivity contribution in [3.63, 3.8) is 0 Å². The number of likely N-dealkylation sites (tertiary alicyclic amines) is 1. The van der Waals surface area contributed by atoms with E-state index in [2.05, 4.69) is 15.5 Å². The molecule has 176 valence electrons. The zero-order chi connectivity index (χ0) is 22.8. The third kappa shape index (κ3) is 5.05. The number of benzene rings is 2. The van der Waals surface area contributed by atoms with Crippen molar-refractivity contribution in [1.82, 2.24) is 10.2 Å². The molecule has 0 aliphatic carbocycles. The fraction of sp³-hybridized carbons (Fsp3) is 0.231. The SMILES string of the molecule is Cl.O=C1Nc2ccc(F)cc2/C1=C\c1ccc(-c2cccc(C(=O)NCCN3CCCC3)c2)o1. The van der Waals surface area contributed by atoms with E-state index in [0.717, 1.165) is 25.2 Å². The van der Waals surface area contributed by atoms with Crippen LogP contribution in [0.4, 0.5) is 10.1 Å². The van der Waals surface area contributed by atoms with Gasteiger partial charge in [0.25, 0.3) is 11.8 Å². The number of furan rings is 1. The van der Waals surface area contributed by atoms with Crippen molar-refractivity contribution in [3.05, 3.63) is 77.3 Å². The van der Waals surface area contributed by atoms with Gasteiger partial charge in [-0.15, -0.1) is 12.4 Å². The standard InChI is InChI=1S/C26H24FN3O3.ClH/c27-19-6-8-23-21(15-19)22(26(32)29-23)16-20-7-9-24(33-20)17-4-3-5-18(14-17)25(31)28-10-13-30-11-1-2-12-30;/h3-9,14-16H,1-2,10-13H2,(H,28,31)(H,29,32);1H/b22-16+;. The lowest BCUT2D eigenvalue weighted by atomic mass is 10.1. The summed E-state index contributed by atoms with van der Waals surface area (Å²) in [7, 11) is 0. The molecule has 0 saturated carbocycles. The number of anilines is 1. The first-order chi connectivity index (χ1) is 16.1. The van der Waals surface area contributed by atoms with E-state index in [4.69, 9.17) is 4.42 Å². The summed E-state index contributed by atoms with van der Waals surface area (Å²) in [5, 5.41) is 5.71. The van der Waals surface area contributed by atoms with Crippen LogP contribution in [0, 0.1) is 5.82 Å². The van der Waals surface area contributed by atoms with Gasteiger partial charge in [-0.2, -0.15) is 0 Å². The van der Waals surface area contributed by atoms with Gasteiger partial charge in [0.1, 0.15) is 17.3 Å². The average Bonchev–Trinajstić information content (AvgIpc) is 3.56. The molecule has 6 nitrogen and oxygen atoms in total. The molecule has 0 radical (unpaired) electrons. The van der Waals surface area contributed by atoms with Crippen molar-refractivity contribution in [2.24, 2.45) is 0 Å². The molecule has 2 aliphatic rings. The Morgan fingerprint density at radius 1 is 1.12 bits per heavy atom. The Labute approximate surface area is 203 Å². The van der Waals surface area contributed by atoms with E-state index in [9.17, 15) is 14.0 Å². The minimum Gasteiger partial charge on any atom is -0.457 e. The predicted octanol–water partition coefficient (Wildman–Crippen LogP) is 4.83. The molecule has 0 spiro atoms. The van der Waals surface area contributed by atoms with Gasteiger partial charge in [0, 0.05) is 35.5 Å². The van der Waals surface area contributed by atoms with Crippen molar-refractivity contribution >= 4 is 41.6 Å². The molecule has 1 aromatic heterocycles. The van der Waals surface area contributed by atoms with E-state index in [-0.39, 0.29) is 24.2 Å². The number of carbonyl (C=O) groups excluding carboxylic acids is 2. The maximum absolute atomic E-state index is 13.7. The molecule has 8 heteroatoms. The predicted molar refractivity (Wildman–Crippen MR) is 132 cm³/mol. The van der Waals surface area contributed by atoms with Crippen LogP contribution in [0.5, 0.6) is 0 Å². The van der Waals surface area contributed by atoms with Gasteiger partial charge in [-0.05, 0) is 74.5 Å². The van der Waals surface area contributed by atoms with Crippen molar-refractivity contribution in [2.75, 3.05) is 31.5 Å². The van der Waals surface area contributed by atoms with Gasteiger partial charge in [0.2, 0.25) is 0 Å². The third-order valence-corrected chi connectivity index (χ3v) is 6.00. The fourth-order valence-electron chi connectivity index (χ4n) is 4.28. The molecular formula is C26H25ClFN3O3. The molecule has 0 unspecified atom stereocenters. The first kappa shape index (κ1) is 23.7. The summed E-state index contributed by atoms with van der Waals surface area (Å²) in [5.74, 6) is 0.207. The fourth-order valence-corrected chi connectivity index (χ4v) is 4.28. The van der Waals surface area contributed by atoms with Crippen LogP contribution in [0.25, 0.3) is 23.0 Å². The number of hydrogen-bond donors (Lipinski definition) is 2. The summed E-state index contributed by atoms with van der Waals surface area (Å²) in [6.07, 6.45) is 4.05. The van der Waals surface area contributed by atoms with E-state index >= 15 is 0 Å². The lowest BCUT2D eigenvalue weighted by Gasteiger charge is -2.14. The molecule has 2 aliphatic heterocycles. The van der Waals surface area contributed by atoms with Crippen molar-refractivity contribution in [3.8, 4) is 11.3 Å². The maximum Gasteiger partial charge on any atom is 0.256 e. The lowest BCUT2D eigenvalue weighted by molar-refractivity contribution is -0.110. The molecule has 2 aromatic carbocycles. The Hall–Kier alpha value is -3.42. The normalized spacial score (nSPS) is 16.3. The Kier molecular flexibility index (Phi) is 7.14. The summed E-state index contributed by atoms with van der Waals surface area (Å²) in [4.78, 5) is 27.2. The Morgan fingerprint density at radius 2 is 1.94 bits per heavy atom. The number of amides is 2. The highest BCUT2D eigenvalue weighted by molar-refractivity contribution is 6.34. The van der Waals surface area contributed by atoms with E-state index in [1.54, 1.807) is 36.4 Å². The molecule has 34 heavy (non-hydrogen) atoms. The summed E-state index contributed by atoms with van der Waals surface area (Å²) in [6.45, 7) is 3.68. The summed E-state index contributed by atoms with van der Waals surface area (Å²) < 4.78 is 19.6. The number of nitrogens with zero attached hydrogens (tertiary/aromatic N) is 1. The Morgan fingerprint density at radius 3 is 2.76 bits per heavy atom. The number of carbonyl (C=O) groups is 2. The van der Waals surface area contributed by atoms with E-state index in [1.165, 1.54) is 25.0 Å². The second-order valence-corrected chi connectivity index (χ2v) is 8.29. The van der Waals surface area contributed by atoms with Crippen LogP contribution in [-0.2, 0) is 4.79 Å².